The van der Waals surface area contributed by atoms with Crippen LogP contribution in [0.3, 0.4) is 0 Å². The Morgan fingerprint density at radius 3 is 2.48 bits per heavy atom. The summed E-state index contributed by atoms with van der Waals surface area (Å²) in [6.45, 7) is 8.43. The molecule has 2 aromatic rings. The predicted molar refractivity (Wildman–Crippen MR) is 99.5 cm³/mol. The third-order valence-corrected chi connectivity index (χ3v) is 5.41. The predicted octanol–water partition coefficient (Wildman–Crippen LogP) is 2.57. The molecule has 2 N–H and O–H groups in total. The first kappa shape index (κ1) is 18.0. The van der Waals surface area contributed by atoms with E-state index in [0.29, 0.717) is 30.6 Å². The molecular weight excluding hydrogens is 336 g/mol. The number of carbonyl (C=O) groups is 1. The van der Waals surface area contributed by atoms with Gasteiger partial charge in [-0.3, -0.25) is 14.4 Å². The topological polar surface area (TPSA) is 64.2 Å². The molecule has 1 unspecified atom stereocenters. The average molecular weight is 361 g/mol. The van der Waals surface area contributed by atoms with Crippen LogP contribution in [0.5, 0.6) is 0 Å². The van der Waals surface area contributed by atoms with Crippen LogP contribution in [0.1, 0.15) is 23.9 Å². The summed E-state index contributed by atoms with van der Waals surface area (Å²) in [5.41, 5.74) is 8.54. The minimum Gasteiger partial charge on any atom is -0.369 e. The molecule has 25 heavy (non-hydrogen) atoms. The summed E-state index contributed by atoms with van der Waals surface area (Å²) in [5.74, 6) is -0.225. The van der Waals surface area contributed by atoms with Gasteiger partial charge in [0.2, 0.25) is 5.91 Å². The van der Waals surface area contributed by atoms with Gasteiger partial charge in [0.15, 0.2) is 0 Å². The number of amides is 1. The SMILES string of the molecule is Cc1cc(C)n(CC(C)N2CC(Cc3ccc(Cl)cc3)(C(N)=O)C2)n1. The average Bonchev–Trinajstić information content (AvgIpc) is 2.81. The van der Waals surface area contributed by atoms with E-state index in [0.717, 1.165) is 23.5 Å². The first-order valence-electron chi connectivity index (χ1n) is 8.58. The lowest BCUT2D eigenvalue weighted by Gasteiger charge is -2.51. The fourth-order valence-electron chi connectivity index (χ4n) is 3.62. The molecule has 6 heteroatoms. The fourth-order valence-corrected chi connectivity index (χ4v) is 3.74. The number of primary amides is 1. The Labute approximate surface area is 153 Å². The van der Waals surface area contributed by atoms with Crippen LogP contribution in [0.4, 0.5) is 0 Å². The molecule has 1 aliphatic heterocycles. The number of benzene rings is 1. The van der Waals surface area contributed by atoms with E-state index in [9.17, 15) is 4.79 Å². The highest BCUT2D eigenvalue weighted by Gasteiger charge is 2.49. The van der Waals surface area contributed by atoms with Crippen molar-refractivity contribution in [3.8, 4) is 0 Å². The van der Waals surface area contributed by atoms with Crippen LogP contribution in [0, 0.1) is 19.3 Å². The van der Waals surface area contributed by atoms with Gasteiger partial charge in [0.25, 0.3) is 0 Å². The number of carbonyl (C=O) groups excluding carboxylic acids is 1. The highest BCUT2D eigenvalue weighted by molar-refractivity contribution is 6.30. The summed E-state index contributed by atoms with van der Waals surface area (Å²) in [7, 11) is 0. The number of aromatic nitrogens is 2. The summed E-state index contributed by atoms with van der Waals surface area (Å²) < 4.78 is 2.03. The van der Waals surface area contributed by atoms with E-state index in [1.807, 2.05) is 35.9 Å². The summed E-state index contributed by atoms with van der Waals surface area (Å²) in [6.07, 6.45) is 0.655. The van der Waals surface area contributed by atoms with Crippen LogP contribution in [0.25, 0.3) is 0 Å². The zero-order chi connectivity index (χ0) is 18.2. The highest BCUT2D eigenvalue weighted by atomic mass is 35.5. The molecule has 1 atom stereocenters. The Morgan fingerprint density at radius 1 is 1.32 bits per heavy atom. The Morgan fingerprint density at radius 2 is 1.96 bits per heavy atom. The van der Waals surface area contributed by atoms with Crippen molar-refractivity contribution in [3.63, 3.8) is 0 Å². The number of aryl methyl sites for hydroxylation is 2. The van der Waals surface area contributed by atoms with Gasteiger partial charge >= 0.3 is 0 Å². The third kappa shape index (κ3) is 3.72. The monoisotopic (exact) mass is 360 g/mol. The zero-order valence-electron chi connectivity index (χ0n) is 15.0. The molecule has 1 saturated heterocycles. The van der Waals surface area contributed by atoms with Gasteiger partial charge in [-0.2, -0.15) is 5.10 Å². The lowest BCUT2D eigenvalue weighted by atomic mass is 9.73. The lowest BCUT2D eigenvalue weighted by Crippen LogP contribution is -2.65. The van der Waals surface area contributed by atoms with Crippen LogP contribution in [0.15, 0.2) is 30.3 Å². The number of nitrogens with zero attached hydrogens (tertiary/aromatic N) is 3. The van der Waals surface area contributed by atoms with Crippen LogP contribution in [0.2, 0.25) is 5.02 Å². The van der Waals surface area contributed by atoms with Gasteiger partial charge in [-0.25, -0.2) is 0 Å². The van der Waals surface area contributed by atoms with E-state index in [2.05, 4.69) is 29.9 Å². The minimum atomic E-state index is -0.489. The summed E-state index contributed by atoms with van der Waals surface area (Å²) in [4.78, 5) is 14.4. The number of halogens is 1. The molecule has 1 aliphatic rings. The molecular formula is C19H25ClN4O. The Hall–Kier alpha value is -1.85. The van der Waals surface area contributed by atoms with Crippen LogP contribution < -0.4 is 5.73 Å². The maximum atomic E-state index is 12.1. The van der Waals surface area contributed by atoms with Crippen molar-refractivity contribution in [3.05, 3.63) is 52.3 Å². The van der Waals surface area contributed by atoms with Crippen molar-refractivity contribution in [1.82, 2.24) is 14.7 Å². The first-order chi connectivity index (χ1) is 11.8. The third-order valence-electron chi connectivity index (χ3n) is 5.15. The second kappa shape index (κ2) is 6.81. The molecule has 0 bridgehead atoms. The van der Waals surface area contributed by atoms with E-state index in [4.69, 9.17) is 17.3 Å². The first-order valence-corrected chi connectivity index (χ1v) is 8.96. The van der Waals surface area contributed by atoms with Crippen molar-refractivity contribution in [2.24, 2.45) is 11.1 Å². The van der Waals surface area contributed by atoms with Crippen molar-refractivity contribution in [1.29, 1.82) is 0 Å². The van der Waals surface area contributed by atoms with E-state index < -0.39 is 5.41 Å². The van der Waals surface area contributed by atoms with Crippen molar-refractivity contribution in [2.45, 2.75) is 39.8 Å². The smallest absolute Gasteiger partial charge is 0.226 e. The number of likely N-dealkylation sites (tertiary alicyclic amines) is 1. The normalized spacial score (nSPS) is 17.9. The van der Waals surface area contributed by atoms with E-state index in [-0.39, 0.29) is 5.91 Å². The molecule has 0 aliphatic carbocycles. The van der Waals surface area contributed by atoms with Gasteiger partial charge in [0.1, 0.15) is 0 Å². The maximum Gasteiger partial charge on any atom is 0.226 e. The second-order valence-electron chi connectivity index (χ2n) is 7.31. The molecule has 2 heterocycles. The Balaban J connectivity index is 1.65. The Bertz CT molecular complexity index is 762. The molecule has 134 valence electrons. The van der Waals surface area contributed by atoms with Gasteiger partial charge in [-0.15, -0.1) is 0 Å². The second-order valence-corrected chi connectivity index (χ2v) is 7.75. The Kier molecular flexibility index (Phi) is 4.89. The van der Waals surface area contributed by atoms with Crippen LogP contribution >= 0.6 is 11.6 Å². The van der Waals surface area contributed by atoms with Crippen LogP contribution in [-0.4, -0.2) is 39.7 Å². The van der Waals surface area contributed by atoms with Gasteiger partial charge in [0, 0.05) is 29.8 Å². The molecule has 1 aromatic heterocycles. The lowest BCUT2D eigenvalue weighted by molar-refractivity contribution is -0.140. The maximum absolute atomic E-state index is 12.1. The van der Waals surface area contributed by atoms with Gasteiger partial charge in [0.05, 0.1) is 17.7 Å². The zero-order valence-corrected chi connectivity index (χ0v) is 15.8. The van der Waals surface area contributed by atoms with E-state index in [1.165, 1.54) is 0 Å². The molecule has 0 saturated carbocycles. The number of nitrogens with two attached hydrogens (primary N) is 1. The summed E-state index contributed by atoms with van der Waals surface area (Å²) in [6, 6.07) is 10.0. The number of hydrogen-bond acceptors (Lipinski definition) is 3. The molecule has 0 spiro atoms. The summed E-state index contributed by atoms with van der Waals surface area (Å²) >= 11 is 5.94. The minimum absolute atomic E-state index is 0.225. The molecule has 1 fully saturated rings. The molecule has 0 radical (unpaired) electrons. The van der Waals surface area contributed by atoms with Crippen molar-refractivity contribution >= 4 is 17.5 Å². The largest absolute Gasteiger partial charge is 0.369 e. The summed E-state index contributed by atoms with van der Waals surface area (Å²) in [5, 5.41) is 5.22. The van der Waals surface area contributed by atoms with E-state index in [1.54, 1.807) is 0 Å². The standard InChI is InChI=1S/C19H25ClN4O/c1-13-8-14(2)24(22-13)10-15(3)23-11-19(12-23,18(21)25)9-16-4-6-17(20)7-5-16/h4-8,15H,9-12H2,1-3H3,(H2,21,25). The molecule has 1 amide bonds. The quantitative estimate of drug-likeness (QED) is 0.861. The van der Waals surface area contributed by atoms with Crippen molar-refractivity contribution in [2.75, 3.05) is 13.1 Å². The van der Waals surface area contributed by atoms with Crippen LogP contribution in [-0.2, 0) is 17.8 Å². The van der Waals surface area contributed by atoms with E-state index >= 15 is 0 Å². The molecule has 5 nitrogen and oxygen atoms in total. The highest BCUT2D eigenvalue weighted by Crippen LogP contribution is 2.36. The van der Waals surface area contributed by atoms with Gasteiger partial charge in [-0.1, -0.05) is 23.7 Å². The number of hydrogen-bond donors (Lipinski definition) is 1. The molecule has 3 rings (SSSR count). The fraction of sp³-hybridized carbons (Fsp3) is 0.474. The number of rotatable bonds is 6. The van der Waals surface area contributed by atoms with Crippen molar-refractivity contribution < 1.29 is 4.79 Å². The van der Waals surface area contributed by atoms with Gasteiger partial charge < -0.3 is 5.73 Å². The van der Waals surface area contributed by atoms with Gasteiger partial charge in [-0.05, 0) is 51.0 Å². The molecule has 1 aromatic carbocycles.